The van der Waals surface area contributed by atoms with Crippen molar-refractivity contribution in [1.82, 2.24) is 0 Å². The van der Waals surface area contributed by atoms with E-state index in [0.717, 1.165) is 0 Å². The van der Waals surface area contributed by atoms with Crippen LogP contribution in [0.25, 0.3) is 0 Å². The van der Waals surface area contributed by atoms with Crippen LogP contribution in [0, 0.1) is 0 Å². The highest BCUT2D eigenvalue weighted by Gasteiger charge is 2.13. The van der Waals surface area contributed by atoms with Gasteiger partial charge in [-0.2, -0.15) is 0 Å². The summed E-state index contributed by atoms with van der Waals surface area (Å²) < 4.78 is 5.40. The first-order chi connectivity index (χ1) is 8.40. The molecule has 0 aliphatic carbocycles. The first kappa shape index (κ1) is 14.0. The summed E-state index contributed by atoms with van der Waals surface area (Å²) in [5.41, 5.74) is 0.357. The summed E-state index contributed by atoms with van der Waals surface area (Å²) in [6.07, 6.45) is -0.594. The van der Waals surface area contributed by atoms with E-state index in [9.17, 15) is 19.8 Å². The van der Waals surface area contributed by atoms with Gasteiger partial charge in [0, 0.05) is 17.9 Å². The maximum atomic E-state index is 10.9. The van der Waals surface area contributed by atoms with Crippen molar-refractivity contribution < 1.29 is 24.5 Å². The first-order valence-corrected chi connectivity index (χ1v) is 5.57. The smallest absolute Gasteiger partial charge is 0.119 e. The van der Waals surface area contributed by atoms with Crippen molar-refractivity contribution in [3.05, 3.63) is 29.8 Å². The number of aliphatic carboxylic acids is 2. The lowest BCUT2D eigenvalue weighted by atomic mass is 9.96. The maximum absolute atomic E-state index is 10.9. The molecule has 5 nitrogen and oxygen atoms in total. The van der Waals surface area contributed by atoms with Gasteiger partial charge in [0.1, 0.15) is 5.75 Å². The molecule has 0 saturated heterocycles. The number of hydrogen-bond donors (Lipinski definition) is 0. The van der Waals surface area contributed by atoms with Crippen LogP contribution in [0.3, 0.4) is 0 Å². The molecule has 0 aliphatic heterocycles. The Morgan fingerprint density at radius 3 is 2.11 bits per heavy atom. The van der Waals surface area contributed by atoms with Crippen LogP contribution >= 0.6 is 0 Å². The van der Waals surface area contributed by atoms with Crippen molar-refractivity contribution in [2.24, 2.45) is 0 Å². The highest BCUT2D eigenvalue weighted by molar-refractivity contribution is 5.80. The lowest BCUT2D eigenvalue weighted by molar-refractivity contribution is -0.317. The van der Waals surface area contributed by atoms with Gasteiger partial charge in [-0.15, -0.1) is 0 Å². The monoisotopic (exact) mass is 250 g/mol. The Kier molecular flexibility index (Phi) is 4.71. The zero-order valence-corrected chi connectivity index (χ0v) is 10.2. The van der Waals surface area contributed by atoms with Gasteiger partial charge in [-0.3, -0.25) is 0 Å². The standard InChI is InChI=1S/C13H16O5/c1-8(2)18-10-5-3-9(4-6-10)11(13(16)17)7-12(14)15/h3-6,8,11H,7H2,1-2H3,(H,14,15)(H,16,17)/p-2. The van der Waals surface area contributed by atoms with Gasteiger partial charge < -0.3 is 24.5 Å². The number of carbonyl (C=O) groups is 2. The molecule has 0 bridgehead atoms. The van der Waals surface area contributed by atoms with E-state index in [1.807, 2.05) is 13.8 Å². The molecule has 0 heterocycles. The van der Waals surface area contributed by atoms with Crippen LogP contribution in [0.4, 0.5) is 0 Å². The average Bonchev–Trinajstić information content (AvgIpc) is 2.26. The van der Waals surface area contributed by atoms with Crippen molar-refractivity contribution in [3.8, 4) is 5.75 Å². The Labute approximate surface area is 105 Å². The van der Waals surface area contributed by atoms with Crippen molar-refractivity contribution >= 4 is 11.9 Å². The number of ether oxygens (including phenoxy) is 1. The van der Waals surface area contributed by atoms with Gasteiger partial charge >= 0.3 is 0 Å². The molecule has 0 amide bonds. The molecule has 18 heavy (non-hydrogen) atoms. The number of rotatable bonds is 6. The largest absolute Gasteiger partial charge is 0.550 e. The molecule has 0 radical (unpaired) electrons. The normalized spacial score (nSPS) is 12.2. The molecular weight excluding hydrogens is 236 g/mol. The van der Waals surface area contributed by atoms with Crippen LogP contribution in [0.1, 0.15) is 31.7 Å². The van der Waals surface area contributed by atoms with E-state index < -0.39 is 24.3 Å². The highest BCUT2D eigenvalue weighted by Crippen LogP contribution is 2.22. The topological polar surface area (TPSA) is 89.5 Å². The van der Waals surface area contributed by atoms with E-state index in [4.69, 9.17) is 4.74 Å². The van der Waals surface area contributed by atoms with Gasteiger partial charge in [-0.25, -0.2) is 0 Å². The SMILES string of the molecule is CC(C)Oc1ccc(C(CC(=O)[O-])C(=O)[O-])cc1. The van der Waals surface area contributed by atoms with Gasteiger partial charge in [0.2, 0.25) is 0 Å². The summed E-state index contributed by atoms with van der Waals surface area (Å²) in [4.78, 5) is 21.3. The van der Waals surface area contributed by atoms with E-state index in [2.05, 4.69) is 0 Å². The summed E-state index contributed by atoms with van der Waals surface area (Å²) >= 11 is 0. The Morgan fingerprint density at radius 2 is 1.72 bits per heavy atom. The van der Waals surface area contributed by atoms with Crippen molar-refractivity contribution in [2.75, 3.05) is 0 Å². The Hall–Kier alpha value is -2.04. The van der Waals surface area contributed by atoms with Crippen molar-refractivity contribution in [3.63, 3.8) is 0 Å². The minimum absolute atomic E-state index is 0.0102. The fourth-order valence-electron chi connectivity index (χ4n) is 1.55. The second-order valence-corrected chi connectivity index (χ2v) is 4.18. The highest BCUT2D eigenvalue weighted by atomic mass is 16.5. The molecule has 1 unspecified atom stereocenters. The molecule has 0 spiro atoms. The molecule has 1 aromatic carbocycles. The number of hydrogen-bond acceptors (Lipinski definition) is 5. The molecular formula is C13H14O5-2. The summed E-state index contributed by atoms with van der Waals surface area (Å²) in [7, 11) is 0. The molecule has 1 atom stereocenters. The molecule has 0 saturated carbocycles. The minimum atomic E-state index is -1.43. The number of benzene rings is 1. The second-order valence-electron chi connectivity index (χ2n) is 4.18. The zero-order valence-electron chi connectivity index (χ0n) is 10.2. The predicted molar refractivity (Wildman–Crippen MR) is 59.6 cm³/mol. The van der Waals surface area contributed by atoms with Gasteiger partial charge in [-0.05, 0) is 38.0 Å². The third-order valence-corrected chi connectivity index (χ3v) is 2.31. The van der Waals surface area contributed by atoms with Gasteiger partial charge in [0.25, 0.3) is 0 Å². The molecule has 0 fully saturated rings. The van der Waals surface area contributed by atoms with E-state index in [0.29, 0.717) is 11.3 Å². The van der Waals surface area contributed by atoms with Crippen LogP contribution < -0.4 is 14.9 Å². The fraction of sp³-hybridized carbons (Fsp3) is 0.385. The van der Waals surface area contributed by atoms with E-state index >= 15 is 0 Å². The Morgan fingerprint density at radius 1 is 1.17 bits per heavy atom. The molecule has 0 aliphatic rings. The maximum Gasteiger partial charge on any atom is 0.119 e. The van der Waals surface area contributed by atoms with Crippen LogP contribution in [-0.4, -0.2) is 18.0 Å². The van der Waals surface area contributed by atoms with Gasteiger partial charge in [-0.1, -0.05) is 12.1 Å². The number of carboxylic acids is 2. The zero-order chi connectivity index (χ0) is 13.7. The minimum Gasteiger partial charge on any atom is -0.550 e. The molecule has 5 heteroatoms. The van der Waals surface area contributed by atoms with E-state index in [1.54, 1.807) is 12.1 Å². The molecule has 1 aromatic rings. The number of carbonyl (C=O) groups excluding carboxylic acids is 2. The molecule has 98 valence electrons. The summed E-state index contributed by atoms with van der Waals surface area (Å²) in [6, 6.07) is 6.23. The van der Waals surface area contributed by atoms with Crippen LogP contribution in [0.15, 0.2) is 24.3 Å². The van der Waals surface area contributed by atoms with Crippen LogP contribution in [0.2, 0.25) is 0 Å². The first-order valence-electron chi connectivity index (χ1n) is 5.57. The molecule has 0 aromatic heterocycles. The van der Waals surface area contributed by atoms with E-state index in [-0.39, 0.29) is 6.10 Å². The predicted octanol–water partition coefficient (Wildman–Crippen LogP) is -0.553. The average molecular weight is 250 g/mol. The number of carboxylic acid groups (broad SMARTS) is 2. The van der Waals surface area contributed by atoms with Crippen LogP contribution in [0.5, 0.6) is 5.75 Å². The summed E-state index contributed by atoms with van der Waals surface area (Å²) in [5.74, 6) is -3.47. The van der Waals surface area contributed by atoms with Gasteiger partial charge in [0.15, 0.2) is 0 Å². The summed E-state index contributed by atoms with van der Waals surface area (Å²) in [5, 5.41) is 21.3. The Balaban J connectivity index is 2.86. The third kappa shape index (κ3) is 4.08. The lowest BCUT2D eigenvalue weighted by Gasteiger charge is -2.19. The van der Waals surface area contributed by atoms with E-state index in [1.165, 1.54) is 12.1 Å². The summed E-state index contributed by atoms with van der Waals surface area (Å²) in [6.45, 7) is 3.74. The van der Waals surface area contributed by atoms with Crippen molar-refractivity contribution in [2.45, 2.75) is 32.3 Å². The van der Waals surface area contributed by atoms with Gasteiger partial charge in [0.05, 0.1) is 6.10 Å². The molecule has 1 rings (SSSR count). The van der Waals surface area contributed by atoms with Crippen molar-refractivity contribution in [1.29, 1.82) is 0 Å². The van der Waals surface area contributed by atoms with Crippen LogP contribution in [-0.2, 0) is 9.59 Å². The second kappa shape index (κ2) is 6.05. The Bertz CT molecular complexity index is 422. The molecule has 0 N–H and O–H groups in total. The lowest BCUT2D eigenvalue weighted by Crippen LogP contribution is -2.34. The quantitative estimate of drug-likeness (QED) is 0.675. The fourth-order valence-corrected chi connectivity index (χ4v) is 1.55. The third-order valence-electron chi connectivity index (χ3n) is 2.31.